The number of rotatable bonds is 5. The van der Waals surface area contributed by atoms with Crippen molar-refractivity contribution in [3.8, 4) is 5.75 Å². The third-order valence-electron chi connectivity index (χ3n) is 4.62. The molecule has 1 aromatic carbocycles. The smallest absolute Gasteiger partial charge is 0.313 e. The molecule has 1 amide bonds. The first kappa shape index (κ1) is 17.2. The molecule has 0 radical (unpaired) electrons. The highest BCUT2D eigenvalue weighted by atomic mass is 16.6. The minimum absolute atomic E-state index is 0.0790. The Bertz CT molecular complexity index is 712. The molecule has 0 saturated heterocycles. The van der Waals surface area contributed by atoms with Gasteiger partial charge in [0.25, 0.3) is 5.91 Å². The topological polar surface area (TPSA) is 131 Å². The van der Waals surface area contributed by atoms with Crippen LogP contribution in [-0.2, 0) is 16.1 Å². The van der Waals surface area contributed by atoms with E-state index in [4.69, 9.17) is 9.84 Å². The van der Waals surface area contributed by atoms with Crippen molar-refractivity contribution in [1.82, 2.24) is 5.32 Å². The summed E-state index contributed by atoms with van der Waals surface area (Å²) in [6.45, 7) is 0.157. The van der Waals surface area contributed by atoms with Gasteiger partial charge < -0.3 is 20.5 Å². The number of carbonyl (C=O) groups excluding carboxylic acids is 1. The van der Waals surface area contributed by atoms with Crippen LogP contribution in [0, 0.1) is 16.0 Å². The van der Waals surface area contributed by atoms with Crippen molar-refractivity contribution in [2.75, 3.05) is 11.9 Å². The molecule has 3 rings (SSSR count). The summed E-state index contributed by atoms with van der Waals surface area (Å²) < 4.78 is 5.18. The molecule has 0 spiro atoms. The number of carboxylic acid groups (broad SMARTS) is 1. The lowest BCUT2D eigenvalue weighted by Crippen LogP contribution is -2.34. The minimum atomic E-state index is -0.750. The average molecular weight is 349 g/mol. The number of nitro benzene ring substituents is 1. The van der Waals surface area contributed by atoms with Crippen LogP contribution < -0.4 is 15.4 Å². The third-order valence-corrected chi connectivity index (χ3v) is 4.62. The van der Waals surface area contributed by atoms with Crippen molar-refractivity contribution < 1.29 is 24.4 Å². The van der Waals surface area contributed by atoms with Crippen molar-refractivity contribution in [1.29, 1.82) is 0 Å². The molecule has 9 nitrogen and oxygen atoms in total. The van der Waals surface area contributed by atoms with E-state index in [2.05, 4.69) is 10.6 Å². The first-order valence-corrected chi connectivity index (χ1v) is 8.14. The second-order valence-electron chi connectivity index (χ2n) is 6.35. The fraction of sp³-hybridized carbons (Fsp3) is 0.500. The lowest BCUT2D eigenvalue weighted by Gasteiger charge is -2.27. The van der Waals surface area contributed by atoms with Crippen LogP contribution in [0.4, 0.5) is 11.4 Å². The second kappa shape index (κ2) is 7.06. The normalized spacial score (nSPS) is 22.5. The highest BCUT2D eigenvalue weighted by Crippen LogP contribution is 2.38. The van der Waals surface area contributed by atoms with E-state index in [0.717, 1.165) is 12.8 Å². The van der Waals surface area contributed by atoms with E-state index >= 15 is 0 Å². The van der Waals surface area contributed by atoms with Gasteiger partial charge in [-0.2, -0.15) is 0 Å². The van der Waals surface area contributed by atoms with Crippen molar-refractivity contribution in [3.05, 3.63) is 27.8 Å². The van der Waals surface area contributed by atoms with Gasteiger partial charge in [-0.3, -0.25) is 19.7 Å². The zero-order valence-electron chi connectivity index (χ0n) is 13.5. The molecule has 1 saturated carbocycles. The molecule has 3 N–H and O–H groups in total. The maximum Gasteiger partial charge on any atom is 0.313 e. The van der Waals surface area contributed by atoms with Crippen LogP contribution in [0.3, 0.4) is 0 Å². The molecule has 1 aliphatic heterocycles. The van der Waals surface area contributed by atoms with E-state index in [1.54, 1.807) is 6.07 Å². The zero-order valence-corrected chi connectivity index (χ0v) is 13.5. The van der Waals surface area contributed by atoms with Crippen LogP contribution in [-0.4, -0.2) is 34.6 Å². The Hall–Kier alpha value is -2.68. The summed E-state index contributed by atoms with van der Waals surface area (Å²) in [7, 11) is 0. The van der Waals surface area contributed by atoms with E-state index in [-0.39, 0.29) is 35.9 Å². The molecule has 1 fully saturated rings. The Labute approximate surface area is 143 Å². The van der Waals surface area contributed by atoms with Crippen LogP contribution in [0.1, 0.15) is 31.2 Å². The number of benzene rings is 1. The van der Waals surface area contributed by atoms with Gasteiger partial charge in [-0.1, -0.05) is 0 Å². The molecule has 25 heavy (non-hydrogen) atoms. The lowest BCUT2D eigenvalue weighted by atomic mass is 9.86. The molecule has 0 unspecified atom stereocenters. The summed E-state index contributed by atoms with van der Waals surface area (Å²) in [6.07, 6.45) is 2.76. The van der Waals surface area contributed by atoms with Gasteiger partial charge in [-0.15, -0.1) is 0 Å². The van der Waals surface area contributed by atoms with Gasteiger partial charge in [0.2, 0.25) is 5.75 Å². The Balaban J connectivity index is 1.68. The molecule has 2 aliphatic rings. The maximum absolute atomic E-state index is 11.4. The van der Waals surface area contributed by atoms with E-state index in [1.807, 2.05) is 0 Å². The van der Waals surface area contributed by atoms with Crippen molar-refractivity contribution in [2.45, 2.75) is 38.3 Å². The Kier molecular flexibility index (Phi) is 4.84. The number of fused-ring (bicyclic) bond motifs is 1. The molecule has 1 aliphatic carbocycles. The van der Waals surface area contributed by atoms with Gasteiger partial charge in [0.05, 0.1) is 16.5 Å². The van der Waals surface area contributed by atoms with Gasteiger partial charge in [-0.05, 0) is 37.3 Å². The summed E-state index contributed by atoms with van der Waals surface area (Å²) in [6, 6.07) is 3.28. The van der Waals surface area contributed by atoms with Crippen LogP contribution in [0.2, 0.25) is 0 Å². The fourth-order valence-electron chi connectivity index (χ4n) is 3.28. The number of nitrogens with zero attached hydrogens (tertiary/aromatic N) is 1. The van der Waals surface area contributed by atoms with Crippen LogP contribution in [0.25, 0.3) is 0 Å². The number of nitrogens with one attached hydrogen (secondary N) is 2. The monoisotopic (exact) mass is 349 g/mol. The quantitative estimate of drug-likeness (QED) is 0.544. The number of aliphatic carboxylic acids is 1. The standard InChI is InChI=1S/C16H19N3O6/c20-14-8-25-15-12(18-14)5-9(6-13(15)19(23)24)7-17-11-3-1-10(2-4-11)16(21)22/h5-6,10-11,17H,1-4,7-8H2,(H,18,20)(H,21,22). The molecular weight excluding hydrogens is 330 g/mol. The number of hydrogen-bond acceptors (Lipinski definition) is 6. The SMILES string of the molecule is O=C1COc2c(cc(CNC3CCC(C(=O)O)CC3)cc2[N+](=O)[O-])N1. The molecular formula is C16H19N3O6. The number of amides is 1. The molecule has 1 heterocycles. The first-order chi connectivity index (χ1) is 11.9. The van der Waals surface area contributed by atoms with Gasteiger partial charge in [0, 0.05) is 18.7 Å². The van der Waals surface area contributed by atoms with Crippen molar-refractivity contribution in [3.63, 3.8) is 0 Å². The van der Waals surface area contributed by atoms with Gasteiger partial charge in [-0.25, -0.2) is 0 Å². The Morgan fingerprint density at radius 3 is 2.72 bits per heavy atom. The van der Waals surface area contributed by atoms with Crippen molar-refractivity contribution in [2.24, 2.45) is 5.92 Å². The van der Waals surface area contributed by atoms with Crippen LogP contribution in [0.15, 0.2) is 12.1 Å². The molecule has 1 aromatic rings. The van der Waals surface area contributed by atoms with Gasteiger partial charge in [0.15, 0.2) is 6.61 Å². The Morgan fingerprint density at radius 1 is 1.36 bits per heavy atom. The number of nitro groups is 1. The van der Waals surface area contributed by atoms with Crippen molar-refractivity contribution >= 4 is 23.3 Å². The highest BCUT2D eigenvalue weighted by molar-refractivity contribution is 5.96. The third kappa shape index (κ3) is 3.87. The van der Waals surface area contributed by atoms with E-state index in [0.29, 0.717) is 30.6 Å². The molecule has 0 aromatic heterocycles. The fourth-order valence-corrected chi connectivity index (χ4v) is 3.28. The van der Waals surface area contributed by atoms with E-state index in [9.17, 15) is 19.7 Å². The van der Waals surface area contributed by atoms with E-state index < -0.39 is 10.9 Å². The molecule has 134 valence electrons. The van der Waals surface area contributed by atoms with Gasteiger partial charge in [0.1, 0.15) is 0 Å². The predicted octanol–water partition coefficient (Wildman–Crippen LogP) is 1.66. The Morgan fingerprint density at radius 2 is 2.08 bits per heavy atom. The lowest BCUT2D eigenvalue weighted by molar-refractivity contribution is -0.385. The van der Waals surface area contributed by atoms with Crippen LogP contribution in [0.5, 0.6) is 5.75 Å². The number of ether oxygens (including phenoxy) is 1. The summed E-state index contributed by atoms with van der Waals surface area (Å²) in [5.74, 6) is -1.30. The predicted molar refractivity (Wildman–Crippen MR) is 87.4 cm³/mol. The van der Waals surface area contributed by atoms with Gasteiger partial charge >= 0.3 is 11.7 Å². The molecule has 9 heteroatoms. The number of carbonyl (C=O) groups is 2. The summed E-state index contributed by atoms with van der Waals surface area (Å²) in [5, 5.41) is 26.2. The summed E-state index contributed by atoms with van der Waals surface area (Å²) >= 11 is 0. The first-order valence-electron chi connectivity index (χ1n) is 8.14. The maximum atomic E-state index is 11.4. The summed E-state index contributed by atoms with van der Waals surface area (Å²) in [4.78, 5) is 33.1. The minimum Gasteiger partial charge on any atom is -0.481 e. The number of anilines is 1. The summed E-state index contributed by atoms with van der Waals surface area (Å²) in [5.41, 5.74) is 0.789. The second-order valence-corrected chi connectivity index (χ2v) is 6.35. The molecule has 0 bridgehead atoms. The number of hydrogen-bond donors (Lipinski definition) is 3. The average Bonchev–Trinajstić information content (AvgIpc) is 2.59. The number of carboxylic acids is 1. The largest absolute Gasteiger partial charge is 0.481 e. The van der Waals surface area contributed by atoms with Crippen LogP contribution >= 0.6 is 0 Å². The van der Waals surface area contributed by atoms with E-state index in [1.165, 1.54) is 6.07 Å². The highest BCUT2D eigenvalue weighted by Gasteiger charge is 2.28. The molecule has 0 atom stereocenters. The zero-order chi connectivity index (χ0) is 18.0.